The lowest BCUT2D eigenvalue weighted by Crippen LogP contribution is -2.29. The molecule has 47 heavy (non-hydrogen) atoms. The molecule has 0 saturated carbocycles. The number of carbonyl (C=O) groups is 1. The summed E-state index contributed by atoms with van der Waals surface area (Å²) < 4.78 is 7.66. The maximum atomic E-state index is 12.2. The first kappa shape index (κ1) is 31.7. The fraction of sp³-hybridized carbons (Fsp3) is 0.250. The number of imidazole rings is 1. The van der Waals surface area contributed by atoms with Gasteiger partial charge in [-0.15, -0.1) is 0 Å². The Hall–Kier alpha value is -5.23. The number of amides is 1. The lowest BCUT2D eigenvalue weighted by Gasteiger charge is -2.23. The number of nitrogens with one attached hydrogen (secondary N) is 2. The molecule has 0 aliphatic carbocycles. The van der Waals surface area contributed by atoms with Crippen LogP contribution in [0.15, 0.2) is 91.1 Å². The number of hydrogen-bond acceptors (Lipinski definition) is 8. The van der Waals surface area contributed by atoms with Gasteiger partial charge in [-0.25, -0.2) is 4.98 Å². The first-order valence-electron chi connectivity index (χ1n) is 15.6. The molecule has 242 valence electrons. The van der Waals surface area contributed by atoms with Crippen molar-refractivity contribution < 1.29 is 19.7 Å². The zero-order valence-corrected chi connectivity index (χ0v) is 26.3. The van der Waals surface area contributed by atoms with Crippen LogP contribution in [-0.2, 0) is 17.9 Å². The summed E-state index contributed by atoms with van der Waals surface area (Å²) >= 11 is 0. The molecule has 6 rings (SSSR count). The van der Waals surface area contributed by atoms with Crippen LogP contribution in [0.1, 0.15) is 29.2 Å². The van der Waals surface area contributed by atoms with Gasteiger partial charge in [-0.3, -0.25) is 9.89 Å². The summed E-state index contributed by atoms with van der Waals surface area (Å²) in [5, 5.41) is 30.6. The zero-order valence-electron chi connectivity index (χ0n) is 26.3. The molecule has 11 nitrogen and oxygen atoms in total. The molecule has 11 heteroatoms. The first-order chi connectivity index (χ1) is 22.9. The van der Waals surface area contributed by atoms with E-state index in [9.17, 15) is 15.0 Å². The lowest BCUT2D eigenvalue weighted by molar-refractivity contribution is -0.118. The SMILES string of the molecule is COc1cccc(Cn2c(-c3ccc(N(CCO)CCO)cc3)nc3cc(C(CC(N)=O)NCc4ccc5[nH]ncc5c4)ccc32)c1. The van der Waals surface area contributed by atoms with E-state index < -0.39 is 5.91 Å². The molecular weight excluding hydrogens is 594 g/mol. The highest BCUT2D eigenvalue weighted by Crippen LogP contribution is 2.31. The first-order valence-corrected chi connectivity index (χ1v) is 15.6. The van der Waals surface area contributed by atoms with Gasteiger partial charge in [0, 0.05) is 55.3 Å². The number of H-pyrrole nitrogens is 1. The van der Waals surface area contributed by atoms with E-state index in [4.69, 9.17) is 15.5 Å². The van der Waals surface area contributed by atoms with Crippen molar-refractivity contribution in [3.8, 4) is 17.1 Å². The minimum Gasteiger partial charge on any atom is -0.497 e. The van der Waals surface area contributed by atoms with Crippen molar-refractivity contribution in [3.05, 3.63) is 108 Å². The Morgan fingerprint density at radius 2 is 1.81 bits per heavy atom. The van der Waals surface area contributed by atoms with Crippen molar-refractivity contribution >= 4 is 33.5 Å². The number of nitrogens with two attached hydrogens (primary N) is 1. The van der Waals surface area contributed by atoms with E-state index in [-0.39, 0.29) is 25.7 Å². The standard InChI is InChI=1S/C36H39N7O4/c1-47-30-4-2-3-25(18-30)23-43-34-12-8-27(32(20-35(37)46)38-21-24-5-11-31-28(17-24)22-39-41-31)19-33(34)40-36(43)26-6-9-29(10-7-26)42(13-15-44)14-16-45/h2-12,17-19,22,32,38,44-45H,13-16,20-21,23H2,1H3,(H2,37,46)(H,39,41). The van der Waals surface area contributed by atoms with E-state index in [1.807, 2.05) is 77.7 Å². The topological polar surface area (TPSA) is 155 Å². The molecule has 0 radical (unpaired) electrons. The van der Waals surface area contributed by atoms with Crippen molar-refractivity contribution in [2.75, 3.05) is 38.3 Å². The van der Waals surface area contributed by atoms with E-state index in [1.165, 1.54) is 0 Å². The van der Waals surface area contributed by atoms with Crippen LogP contribution < -0.4 is 20.7 Å². The number of methoxy groups -OCH3 is 1. The van der Waals surface area contributed by atoms with Gasteiger partial charge in [0.2, 0.25) is 5.91 Å². The number of aromatic nitrogens is 4. The number of hydrogen-bond donors (Lipinski definition) is 5. The summed E-state index contributed by atoms with van der Waals surface area (Å²) in [5.74, 6) is 1.17. The normalized spacial score (nSPS) is 12.1. The average Bonchev–Trinajstić information content (AvgIpc) is 3.70. The van der Waals surface area contributed by atoms with Crippen LogP contribution in [-0.4, -0.2) is 69.3 Å². The predicted octanol–water partition coefficient (Wildman–Crippen LogP) is 4.13. The molecular formula is C36H39N7O4. The van der Waals surface area contributed by atoms with Crippen molar-refractivity contribution in [2.45, 2.75) is 25.6 Å². The molecule has 4 aromatic carbocycles. The molecule has 0 saturated heterocycles. The summed E-state index contributed by atoms with van der Waals surface area (Å²) in [6.07, 6.45) is 1.93. The van der Waals surface area contributed by atoms with Crippen LogP contribution in [0.5, 0.6) is 5.75 Å². The molecule has 0 spiro atoms. The predicted molar refractivity (Wildman–Crippen MR) is 183 cm³/mol. The summed E-state index contributed by atoms with van der Waals surface area (Å²) in [6, 6.07) is 27.8. The van der Waals surface area contributed by atoms with E-state index >= 15 is 0 Å². The number of aliphatic hydroxyl groups is 2. The van der Waals surface area contributed by atoms with Gasteiger partial charge in [0.1, 0.15) is 11.6 Å². The fourth-order valence-corrected chi connectivity index (χ4v) is 5.98. The van der Waals surface area contributed by atoms with Gasteiger partial charge in [-0.05, 0) is 77.4 Å². The summed E-state index contributed by atoms with van der Waals surface area (Å²) in [7, 11) is 1.66. The average molecular weight is 634 g/mol. The second kappa shape index (κ2) is 14.5. The number of aromatic amines is 1. The Kier molecular flexibility index (Phi) is 9.77. The lowest BCUT2D eigenvalue weighted by atomic mass is 10.0. The number of benzene rings is 4. The van der Waals surface area contributed by atoms with Gasteiger partial charge in [0.05, 0.1) is 43.1 Å². The molecule has 1 amide bonds. The molecule has 0 aliphatic rings. The number of fused-ring (bicyclic) bond motifs is 2. The Morgan fingerprint density at radius 3 is 2.55 bits per heavy atom. The van der Waals surface area contributed by atoms with Crippen LogP contribution in [0.25, 0.3) is 33.3 Å². The summed E-state index contributed by atoms with van der Waals surface area (Å²) in [6.45, 7) is 1.94. The molecule has 2 aromatic heterocycles. The highest BCUT2D eigenvalue weighted by Gasteiger charge is 2.19. The van der Waals surface area contributed by atoms with Gasteiger partial charge in [-0.1, -0.05) is 24.3 Å². The molecule has 0 fully saturated rings. The number of primary amides is 1. The Labute approximate surface area is 272 Å². The van der Waals surface area contributed by atoms with E-state index in [0.717, 1.165) is 61.5 Å². The Balaban J connectivity index is 1.36. The van der Waals surface area contributed by atoms with Crippen molar-refractivity contribution in [1.82, 2.24) is 25.1 Å². The van der Waals surface area contributed by atoms with E-state index in [1.54, 1.807) is 13.3 Å². The second-order valence-corrected chi connectivity index (χ2v) is 11.5. The highest BCUT2D eigenvalue weighted by atomic mass is 16.5. The summed E-state index contributed by atoms with van der Waals surface area (Å²) in [5.41, 5.74) is 13.3. The van der Waals surface area contributed by atoms with Gasteiger partial charge in [-0.2, -0.15) is 5.10 Å². The Bertz CT molecular complexity index is 1960. The van der Waals surface area contributed by atoms with Crippen LogP contribution in [0, 0.1) is 0 Å². The van der Waals surface area contributed by atoms with Crippen LogP contribution in [0.2, 0.25) is 0 Å². The molecule has 0 aliphatic heterocycles. The quantitative estimate of drug-likeness (QED) is 0.113. The number of carbonyl (C=O) groups excluding carboxylic acids is 1. The summed E-state index contributed by atoms with van der Waals surface area (Å²) in [4.78, 5) is 19.2. The monoisotopic (exact) mass is 633 g/mol. The third-order valence-corrected chi connectivity index (χ3v) is 8.34. The van der Waals surface area contributed by atoms with Gasteiger partial charge >= 0.3 is 0 Å². The largest absolute Gasteiger partial charge is 0.497 e. The number of ether oxygens (including phenoxy) is 1. The van der Waals surface area contributed by atoms with Crippen LogP contribution in [0.4, 0.5) is 5.69 Å². The van der Waals surface area contributed by atoms with Gasteiger partial charge < -0.3 is 35.5 Å². The number of aliphatic hydroxyl groups excluding tert-OH is 2. The van der Waals surface area contributed by atoms with Crippen LogP contribution in [0.3, 0.4) is 0 Å². The second-order valence-electron chi connectivity index (χ2n) is 11.5. The molecule has 6 N–H and O–H groups in total. The van der Waals surface area contributed by atoms with E-state index in [2.05, 4.69) is 32.2 Å². The van der Waals surface area contributed by atoms with Crippen LogP contribution >= 0.6 is 0 Å². The highest BCUT2D eigenvalue weighted by molar-refractivity contribution is 5.83. The number of nitrogens with zero attached hydrogens (tertiary/aromatic N) is 4. The zero-order chi connectivity index (χ0) is 32.8. The third kappa shape index (κ3) is 7.28. The molecule has 0 bridgehead atoms. The Morgan fingerprint density at radius 1 is 1.00 bits per heavy atom. The molecule has 1 atom stereocenters. The maximum absolute atomic E-state index is 12.2. The molecule has 2 heterocycles. The van der Waals surface area contributed by atoms with Crippen molar-refractivity contribution in [3.63, 3.8) is 0 Å². The van der Waals surface area contributed by atoms with E-state index in [0.29, 0.717) is 26.2 Å². The minimum absolute atomic E-state index is 0.00829. The smallest absolute Gasteiger partial charge is 0.219 e. The van der Waals surface area contributed by atoms with Gasteiger partial charge in [0.25, 0.3) is 0 Å². The number of anilines is 1. The van der Waals surface area contributed by atoms with Gasteiger partial charge in [0.15, 0.2) is 0 Å². The number of rotatable bonds is 15. The molecule has 6 aromatic rings. The van der Waals surface area contributed by atoms with Crippen molar-refractivity contribution in [2.24, 2.45) is 5.73 Å². The molecule has 1 unspecified atom stereocenters. The fourth-order valence-electron chi connectivity index (χ4n) is 5.98. The minimum atomic E-state index is -0.395. The van der Waals surface area contributed by atoms with Crippen molar-refractivity contribution in [1.29, 1.82) is 0 Å². The maximum Gasteiger partial charge on any atom is 0.219 e. The third-order valence-electron chi connectivity index (χ3n) is 8.34.